The molecule has 1 atom stereocenters. The second kappa shape index (κ2) is 6.34. The Labute approximate surface area is 142 Å². The van der Waals surface area contributed by atoms with E-state index in [1.165, 1.54) is 12.1 Å². The molecular formula is C12H14BrCl2NO2S2. The maximum Gasteiger partial charge on any atom is 0.243 e. The molecule has 0 amide bonds. The van der Waals surface area contributed by atoms with E-state index in [1.807, 2.05) is 0 Å². The molecule has 1 aromatic carbocycles. The van der Waals surface area contributed by atoms with Crippen LogP contribution < -0.4 is 4.72 Å². The van der Waals surface area contributed by atoms with Gasteiger partial charge in [-0.1, -0.05) is 39.1 Å². The summed E-state index contributed by atoms with van der Waals surface area (Å²) in [6, 6.07) is 3.04. The summed E-state index contributed by atoms with van der Waals surface area (Å²) in [6.45, 7) is 2.45. The minimum atomic E-state index is -3.71. The smallest absolute Gasteiger partial charge is 0.210 e. The molecule has 8 heteroatoms. The van der Waals surface area contributed by atoms with Crippen LogP contribution in [0.25, 0.3) is 0 Å². The molecule has 3 nitrogen and oxygen atoms in total. The first-order chi connectivity index (χ1) is 9.23. The van der Waals surface area contributed by atoms with Crippen LogP contribution >= 0.6 is 50.9 Å². The first-order valence-electron chi connectivity index (χ1n) is 6.02. The van der Waals surface area contributed by atoms with E-state index < -0.39 is 10.0 Å². The zero-order valence-corrected chi connectivity index (χ0v) is 15.5. The van der Waals surface area contributed by atoms with Crippen molar-refractivity contribution >= 4 is 60.9 Å². The predicted molar refractivity (Wildman–Crippen MR) is 89.4 cm³/mol. The summed E-state index contributed by atoms with van der Waals surface area (Å²) >= 11 is 17.0. The monoisotopic (exact) mass is 417 g/mol. The Morgan fingerprint density at radius 1 is 1.40 bits per heavy atom. The Kier molecular flexibility index (Phi) is 5.36. The Balaban J connectivity index is 2.23. The SMILES string of the molecule is CC1(CNS(=O)(=O)c2c(Cl)cc(Br)cc2Cl)CCCS1. The quantitative estimate of drug-likeness (QED) is 0.791. The standard InChI is InChI=1S/C12H14BrCl2NO2S2/c1-12(3-2-4-19-12)7-16-20(17,18)11-9(14)5-8(13)6-10(11)15/h5-6,16H,2-4,7H2,1H3. The van der Waals surface area contributed by atoms with Crippen LogP contribution in [-0.2, 0) is 10.0 Å². The van der Waals surface area contributed by atoms with Gasteiger partial charge in [0.05, 0.1) is 10.0 Å². The van der Waals surface area contributed by atoms with Gasteiger partial charge in [0.1, 0.15) is 4.90 Å². The lowest BCUT2D eigenvalue weighted by Gasteiger charge is -2.23. The molecule has 1 N–H and O–H groups in total. The van der Waals surface area contributed by atoms with E-state index >= 15 is 0 Å². The van der Waals surface area contributed by atoms with Gasteiger partial charge in [-0.2, -0.15) is 11.8 Å². The van der Waals surface area contributed by atoms with Crippen molar-refractivity contribution in [3.63, 3.8) is 0 Å². The zero-order chi connectivity index (χ0) is 15.0. The molecule has 0 spiro atoms. The Bertz CT molecular complexity index is 593. The lowest BCUT2D eigenvalue weighted by molar-refractivity contribution is 0.552. The molecule has 0 radical (unpaired) electrons. The highest BCUT2D eigenvalue weighted by Crippen LogP contribution is 2.38. The number of halogens is 3. The van der Waals surface area contributed by atoms with Crippen LogP contribution in [0, 0.1) is 0 Å². The predicted octanol–water partition coefficient (Wildman–Crippen LogP) is 4.32. The number of benzene rings is 1. The van der Waals surface area contributed by atoms with Crippen LogP contribution in [0.3, 0.4) is 0 Å². The lowest BCUT2D eigenvalue weighted by atomic mass is 10.1. The van der Waals surface area contributed by atoms with Gasteiger partial charge in [-0.3, -0.25) is 0 Å². The molecular weight excluding hydrogens is 405 g/mol. The summed E-state index contributed by atoms with van der Waals surface area (Å²) in [5.41, 5.74) is 0. The average molecular weight is 419 g/mol. The fourth-order valence-corrected chi connectivity index (χ4v) is 6.52. The molecule has 2 rings (SSSR count). The molecule has 0 bridgehead atoms. The van der Waals surface area contributed by atoms with Crippen molar-refractivity contribution < 1.29 is 8.42 Å². The van der Waals surface area contributed by atoms with Crippen LogP contribution in [0.5, 0.6) is 0 Å². The number of rotatable bonds is 4. The van der Waals surface area contributed by atoms with E-state index in [4.69, 9.17) is 23.2 Å². The molecule has 1 unspecified atom stereocenters. The molecule has 0 aliphatic carbocycles. The summed E-state index contributed by atoms with van der Waals surface area (Å²) in [4.78, 5) is -0.0596. The zero-order valence-electron chi connectivity index (χ0n) is 10.8. The van der Waals surface area contributed by atoms with Crippen molar-refractivity contribution in [3.05, 3.63) is 26.7 Å². The number of hydrogen-bond acceptors (Lipinski definition) is 3. The van der Waals surface area contributed by atoms with Crippen molar-refractivity contribution in [2.45, 2.75) is 29.4 Å². The Hall–Kier alpha value is 0.540. The summed E-state index contributed by atoms with van der Waals surface area (Å²) in [6.07, 6.45) is 2.12. The van der Waals surface area contributed by atoms with Gasteiger partial charge < -0.3 is 0 Å². The van der Waals surface area contributed by atoms with E-state index in [1.54, 1.807) is 11.8 Å². The fraction of sp³-hybridized carbons (Fsp3) is 0.500. The van der Waals surface area contributed by atoms with Crippen molar-refractivity contribution in [3.8, 4) is 0 Å². The molecule has 1 heterocycles. The summed E-state index contributed by atoms with van der Waals surface area (Å²) in [7, 11) is -3.71. The second-order valence-electron chi connectivity index (χ2n) is 4.93. The lowest BCUT2D eigenvalue weighted by Crippen LogP contribution is -2.36. The minimum absolute atomic E-state index is 0.0542. The van der Waals surface area contributed by atoms with E-state index in [-0.39, 0.29) is 19.7 Å². The molecule has 1 aliphatic heterocycles. The first-order valence-corrected chi connectivity index (χ1v) is 10.0. The van der Waals surface area contributed by atoms with Gasteiger partial charge in [0.25, 0.3) is 0 Å². The molecule has 1 saturated heterocycles. The number of nitrogens with one attached hydrogen (secondary N) is 1. The topological polar surface area (TPSA) is 46.2 Å². The van der Waals surface area contributed by atoms with Crippen molar-refractivity contribution in [2.75, 3.05) is 12.3 Å². The van der Waals surface area contributed by atoms with E-state index in [0.717, 1.165) is 18.6 Å². The van der Waals surface area contributed by atoms with Crippen LogP contribution in [0.4, 0.5) is 0 Å². The van der Waals surface area contributed by atoms with Gasteiger partial charge in [-0.25, -0.2) is 13.1 Å². The molecule has 1 aliphatic rings. The number of hydrogen-bond donors (Lipinski definition) is 1. The summed E-state index contributed by atoms with van der Waals surface area (Å²) in [5, 5.41) is 0.224. The molecule has 1 fully saturated rings. The highest BCUT2D eigenvalue weighted by molar-refractivity contribution is 9.10. The van der Waals surface area contributed by atoms with Crippen molar-refractivity contribution in [1.29, 1.82) is 0 Å². The molecule has 1 aromatic rings. The van der Waals surface area contributed by atoms with Crippen LogP contribution in [-0.4, -0.2) is 25.5 Å². The first kappa shape index (κ1) is 16.9. The van der Waals surface area contributed by atoms with Gasteiger partial charge >= 0.3 is 0 Å². The van der Waals surface area contributed by atoms with Gasteiger partial charge in [0.2, 0.25) is 10.0 Å². The number of thioether (sulfide) groups is 1. The largest absolute Gasteiger partial charge is 0.243 e. The molecule has 20 heavy (non-hydrogen) atoms. The summed E-state index contributed by atoms with van der Waals surface area (Å²) in [5.74, 6) is 1.07. The second-order valence-corrected chi connectivity index (χ2v) is 10.0. The third-order valence-corrected chi connectivity index (χ3v) is 7.49. The van der Waals surface area contributed by atoms with Crippen LogP contribution in [0.1, 0.15) is 19.8 Å². The van der Waals surface area contributed by atoms with Gasteiger partial charge in [0.15, 0.2) is 0 Å². The third-order valence-electron chi connectivity index (χ3n) is 3.17. The molecule has 112 valence electrons. The maximum absolute atomic E-state index is 12.4. The Morgan fingerprint density at radius 2 is 2.00 bits per heavy atom. The van der Waals surface area contributed by atoms with E-state index in [9.17, 15) is 8.42 Å². The third kappa shape index (κ3) is 3.84. The fourth-order valence-electron chi connectivity index (χ4n) is 2.08. The average Bonchev–Trinajstić information content (AvgIpc) is 2.73. The van der Waals surface area contributed by atoms with Crippen LogP contribution in [0.2, 0.25) is 10.0 Å². The van der Waals surface area contributed by atoms with Crippen molar-refractivity contribution in [2.24, 2.45) is 0 Å². The highest BCUT2D eigenvalue weighted by atomic mass is 79.9. The normalized spacial score (nSPS) is 23.2. The van der Waals surface area contributed by atoms with Crippen molar-refractivity contribution in [1.82, 2.24) is 4.72 Å². The van der Waals surface area contributed by atoms with E-state index in [0.29, 0.717) is 11.0 Å². The van der Waals surface area contributed by atoms with Gasteiger partial charge in [0, 0.05) is 15.8 Å². The Morgan fingerprint density at radius 3 is 2.50 bits per heavy atom. The van der Waals surface area contributed by atoms with Gasteiger partial charge in [-0.05, 0) is 37.7 Å². The summed E-state index contributed by atoms with van der Waals surface area (Å²) < 4.78 is 28.0. The van der Waals surface area contributed by atoms with Gasteiger partial charge in [-0.15, -0.1) is 0 Å². The van der Waals surface area contributed by atoms with Crippen LogP contribution in [0.15, 0.2) is 21.5 Å². The highest BCUT2D eigenvalue weighted by Gasteiger charge is 2.32. The number of sulfonamides is 1. The van der Waals surface area contributed by atoms with E-state index in [2.05, 4.69) is 27.6 Å². The minimum Gasteiger partial charge on any atom is -0.210 e. The molecule has 0 saturated carbocycles. The maximum atomic E-state index is 12.4. The molecule has 0 aromatic heterocycles.